The fourth-order valence-corrected chi connectivity index (χ4v) is 2.76. The minimum atomic E-state index is -0.948. The Kier molecular flexibility index (Phi) is 3.03. The molecule has 0 amide bonds. The molecular weight excluding hydrogens is 264 g/mol. The molecule has 1 saturated heterocycles. The maximum absolute atomic E-state index is 11.4. The largest absolute Gasteiger partial charge is 0.478 e. The van der Waals surface area contributed by atoms with Crippen LogP contribution in [0.25, 0.3) is 10.9 Å². The van der Waals surface area contributed by atoms with Crippen LogP contribution in [0.4, 0.5) is 5.69 Å². The lowest BCUT2D eigenvalue weighted by Gasteiger charge is -2.21. The van der Waals surface area contributed by atoms with E-state index in [4.69, 9.17) is 11.6 Å². The van der Waals surface area contributed by atoms with Crippen LogP contribution in [0.3, 0.4) is 0 Å². The lowest BCUT2D eigenvalue weighted by atomic mass is 10.1. The smallest absolute Gasteiger partial charge is 0.339 e. The third-order valence-electron chi connectivity index (χ3n) is 3.45. The molecule has 4 nitrogen and oxygen atoms in total. The first kappa shape index (κ1) is 12.2. The number of carboxylic acid groups (broad SMARTS) is 1. The van der Waals surface area contributed by atoms with Gasteiger partial charge in [-0.2, -0.15) is 0 Å². The number of carboxylic acids is 1. The second-order valence-corrected chi connectivity index (χ2v) is 5.12. The minimum absolute atomic E-state index is 0.247. The highest BCUT2D eigenvalue weighted by Crippen LogP contribution is 2.33. The van der Waals surface area contributed by atoms with Crippen molar-refractivity contribution in [3.8, 4) is 0 Å². The summed E-state index contributed by atoms with van der Waals surface area (Å²) in [6.07, 6.45) is 3.61. The Balaban J connectivity index is 2.30. The van der Waals surface area contributed by atoms with E-state index in [9.17, 15) is 9.90 Å². The molecule has 1 aliphatic heterocycles. The summed E-state index contributed by atoms with van der Waals surface area (Å²) in [6, 6.07) is 5.39. The fraction of sp³-hybridized carbons (Fsp3) is 0.286. The van der Waals surface area contributed by atoms with Gasteiger partial charge in [-0.25, -0.2) is 4.79 Å². The molecule has 1 aromatic heterocycles. The van der Waals surface area contributed by atoms with Crippen LogP contribution in [0.5, 0.6) is 0 Å². The number of halogens is 1. The first-order valence-electron chi connectivity index (χ1n) is 6.23. The lowest BCUT2D eigenvalue weighted by Crippen LogP contribution is -2.21. The van der Waals surface area contributed by atoms with Crippen LogP contribution in [0.2, 0.25) is 5.02 Å². The number of aromatic nitrogens is 1. The summed E-state index contributed by atoms with van der Waals surface area (Å²) in [5, 5.41) is 10.8. The lowest BCUT2D eigenvalue weighted by molar-refractivity contribution is 0.0697. The van der Waals surface area contributed by atoms with E-state index in [1.807, 2.05) is 6.07 Å². The van der Waals surface area contributed by atoms with Gasteiger partial charge in [0.1, 0.15) is 5.56 Å². The van der Waals surface area contributed by atoms with E-state index < -0.39 is 5.97 Å². The van der Waals surface area contributed by atoms with E-state index >= 15 is 0 Å². The Hall–Kier alpha value is -1.81. The van der Waals surface area contributed by atoms with Crippen LogP contribution in [0.15, 0.2) is 24.4 Å². The second-order valence-electron chi connectivity index (χ2n) is 4.68. The van der Waals surface area contributed by atoms with E-state index in [0.717, 1.165) is 42.5 Å². The molecule has 19 heavy (non-hydrogen) atoms. The van der Waals surface area contributed by atoms with Crippen molar-refractivity contribution >= 4 is 34.2 Å². The van der Waals surface area contributed by atoms with Gasteiger partial charge in [0.2, 0.25) is 0 Å². The molecule has 1 fully saturated rings. The molecule has 0 radical (unpaired) electrons. The first-order valence-corrected chi connectivity index (χ1v) is 6.61. The Morgan fingerprint density at radius 2 is 2.05 bits per heavy atom. The van der Waals surface area contributed by atoms with E-state index in [2.05, 4.69) is 9.88 Å². The van der Waals surface area contributed by atoms with Crippen LogP contribution < -0.4 is 4.90 Å². The molecule has 5 heteroatoms. The number of hydrogen-bond donors (Lipinski definition) is 1. The van der Waals surface area contributed by atoms with Crippen LogP contribution in [-0.4, -0.2) is 29.1 Å². The molecule has 1 aliphatic rings. The standard InChI is InChI=1S/C14H13ClN2O2/c15-9-3-4-12-10(7-9)13(17-5-1-2-6-17)11(8-16-12)14(18)19/h3-4,7-8H,1-2,5-6H2,(H,18,19). The number of benzene rings is 1. The summed E-state index contributed by atoms with van der Waals surface area (Å²) < 4.78 is 0. The van der Waals surface area contributed by atoms with Gasteiger partial charge >= 0.3 is 5.97 Å². The Bertz CT molecular complexity index is 651. The van der Waals surface area contributed by atoms with Gasteiger partial charge in [-0.05, 0) is 31.0 Å². The average molecular weight is 277 g/mol. The van der Waals surface area contributed by atoms with Crippen molar-refractivity contribution in [1.82, 2.24) is 4.98 Å². The number of anilines is 1. The van der Waals surface area contributed by atoms with Gasteiger partial charge in [0.15, 0.2) is 0 Å². The van der Waals surface area contributed by atoms with E-state index in [-0.39, 0.29) is 5.56 Å². The molecule has 0 bridgehead atoms. The number of pyridine rings is 1. The van der Waals surface area contributed by atoms with E-state index in [1.54, 1.807) is 12.1 Å². The second kappa shape index (κ2) is 4.70. The molecule has 2 heterocycles. The predicted molar refractivity (Wildman–Crippen MR) is 75.2 cm³/mol. The monoisotopic (exact) mass is 276 g/mol. The first-order chi connectivity index (χ1) is 9.16. The molecular formula is C14H13ClN2O2. The quantitative estimate of drug-likeness (QED) is 0.915. The zero-order valence-corrected chi connectivity index (χ0v) is 11.0. The molecule has 1 N–H and O–H groups in total. The highest BCUT2D eigenvalue weighted by molar-refractivity contribution is 6.31. The minimum Gasteiger partial charge on any atom is -0.478 e. The van der Waals surface area contributed by atoms with E-state index in [0.29, 0.717) is 5.02 Å². The fourth-order valence-electron chi connectivity index (χ4n) is 2.59. The predicted octanol–water partition coefficient (Wildman–Crippen LogP) is 3.19. The number of rotatable bonds is 2. The van der Waals surface area contributed by atoms with Crippen molar-refractivity contribution in [3.63, 3.8) is 0 Å². The number of fused-ring (bicyclic) bond motifs is 1. The normalized spacial score (nSPS) is 15.1. The molecule has 0 unspecified atom stereocenters. The molecule has 98 valence electrons. The third kappa shape index (κ3) is 2.12. The number of nitrogens with zero attached hydrogens (tertiary/aromatic N) is 2. The van der Waals surface area contributed by atoms with Gasteiger partial charge in [-0.15, -0.1) is 0 Å². The topological polar surface area (TPSA) is 53.4 Å². The van der Waals surface area contributed by atoms with Crippen molar-refractivity contribution in [3.05, 3.63) is 35.0 Å². The van der Waals surface area contributed by atoms with Crippen LogP contribution >= 0.6 is 11.6 Å². The van der Waals surface area contributed by atoms with Gasteiger partial charge in [0.25, 0.3) is 0 Å². The molecule has 0 aliphatic carbocycles. The molecule has 0 spiro atoms. The van der Waals surface area contributed by atoms with Gasteiger partial charge < -0.3 is 10.0 Å². The highest BCUT2D eigenvalue weighted by atomic mass is 35.5. The summed E-state index contributed by atoms with van der Waals surface area (Å²) in [5.41, 5.74) is 1.77. The third-order valence-corrected chi connectivity index (χ3v) is 3.69. The van der Waals surface area contributed by atoms with Gasteiger partial charge in [-0.3, -0.25) is 4.98 Å². The van der Waals surface area contributed by atoms with Gasteiger partial charge in [0.05, 0.1) is 11.2 Å². The summed E-state index contributed by atoms with van der Waals surface area (Å²) in [6.45, 7) is 1.76. The number of hydrogen-bond acceptors (Lipinski definition) is 3. The van der Waals surface area contributed by atoms with Crippen LogP contribution in [0, 0.1) is 0 Å². The number of aromatic carboxylic acids is 1. The van der Waals surface area contributed by atoms with Crippen LogP contribution in [-0.2, 0) is 0 Å². The molecule has 1 aromatic carbocycles. The maximum atomic E-state index is 11.4. The zero-order chi connectivity index (χ0) is 13.4. The molecule has 2 aromatic rings. The van der Waals surface area contributed by atoms with Crippen molar-refractivity contribution < 1.29 is 9.90 Å². The summed E-state index contributed by atoms with van der Waals surface area (Å²) in [5.74, 6) is -0.948. The van der Waals surface area contributed by atoms with Crippen molar-refractivity contribution in [2.45, 2.75) is 12.8 Å². The van der Waals surface area contributed by atoms with Crippen molar-refractivity contribution in [2.24, 2.45) is 0 Å². The average Bonchev–Trinajstić information content (AvgIpc) is 2.90. The maximum Gasteiger partial charge on any atom is 0.339 e. The summed E-state index contributed by atoms with van der Waals surface area (Å²) in [7, 11) is 0. The molecule has 3 rings (SSSR count). The Morgan fingerprint density at radius 3 is 2.74 bits per heavy atom. The summed E-state index contributed by atoms with van der Waals surface area (Å²) >= 11 is 6.04. The van der Waals surface area contributed by atoms with E-state index in [1.165, 1.54) is 6.20 Å². The molecule has 0 saturated carbocycles. The zero-order valence-electron chi connectivity index (χ0n) is 10.3. The van der Waals surface area contributed by atoms with Crippen molar-refractivity contribution in [2.75, 3.05) is 18.0 Å². The van der Waals surface area contributed by atoms with Gasteiger partial charge in [-0.1, -0.05) is 11.6 Å². The summed E-state index contributed by atoms with van der Waals surface area (Å²) in [4.78, 5) is 17.7. The molecule has 0 atom stereocenters. The Morgan fingerprint density at radius 1 is 1.32 bits per heavy atom. The van der Waals surface area contributed by atoms with Crippen molar-refractivity contribution in [1.29, 1.82) is 0 Å². The number of carbonyl (C=O) groups is 1. The SMILES string of the molecule is O=C(O)c1cnc2ccc(Cl)cc2c1N1CCCC1. The van der Waals surface area contributed by atoms with Gasteiger partial charge in [0, 0.05) is 29.7 Å². The van der Waals surface area contributed by atoms with Crippen LogP contribution in [0.1, 0.15) is 23.2 Å². The highest BCUT2D eigenvalue weighted by Gasteiger charge is 2.22. The Labute approximate surface area is 115 Å².